The number of nitrogens with zero attached hydrogens (tertiary/aromatic N) is 2. The number of anilines is 5. The highest BCUT2D eigenvalue weighted by Crippen LogP contribution is 2.40. The van der Waals surface area contributed by atoms with Crippen molar-refractivity contribution in [2.75, 3.05) is 9.80 Å². The van der Waals surface area contributed by atoms with E-state index in [2.05, 4.69) is 186 Å². The van der Waals surface area contributed by atoms with Crippen molar-refractivity contribution < 1.29 is 0 Å². The second-order valence-corrected chi connectivity index (χ2v) is 11.6. The Hall–Kier alpha value is -6.04. The third-order valence-electron chi connectivity index (χ3n) is 8.74. The topological polar surface area (TPSA) is 6.48 Å². The summed E-state index contributed by atoms with van der Waals surface area (Å²) in [5.74, 6) is 0. The first-order valence-electron chi connectivity index (χ1n) is 15.8. The number of fused-ring (bicyclic) bond motifs is 2. The maximum atomic E-state index is 3.44. The normalized spacial score (nSPS) is 12.5. The average molecular weight is 589 g/mol. The van der Waals surface area contributed by atoms with Crippen LogP contribution in [0.5, 0.6) is 0 Å². The molecule has 0 spiro atoms. The van der Waals surface area contributed by atoms with Crippen molar-refractivity contribution in [1.82, 2.24) is 0 Å². The SMILES string of the molecule is c1cc2ccccc2c(N(C2=CC=CCC2)c2ccc(-c3ccc(N(c4ccccc4)c4cccc5ccccc45)cc3)cc2)c#1. The molecule has 0 amide bonds. The second kappa shape index (κ2) is 12.2. The molecule has 2 nitrogen and oxygen atoms in total. The van der Waals surface area contributed by atoms with Gasteiger partial charge in [-0.1, -0.05) is 121 Å². The molecule has 0 aromatic heterocycles. The molecule has 0 saturated heterocycles. The molecule has 7 aromatic rings. The number of hydrogen-bond donors (Lipinski definition) is 0. The molecule has 0 radical (unpaired) electrons. The highest BCUT2D eigenvalue weighted by molar-refractivity contribution is 5.99. The molecular weight excluding hydrogens is 556 g/mol. The minimum atomic E-state index is 0.978. The Labute approximate surface area is 270 Å². The van der Waals surface area contributed by atoms with E-state index in [1.165, 1.54) is 33.0 Å². The van der Waals surface area contributed by atoms with Gasteiger partial charge in [-0.3, -0.25) is 0 Å². The molecule has 0 heterocycles. The fourth-order valence-corrected chi connectivity index (χ4v) is 6.49. The predicted molar refractivity (Wildman–Crippen MR) is 194 cm³/mol. The van der Waals surface area contributed by atoms with Crippen molar-refractivity contribution >= 4 is 50.0 Å². The van der Waals surface area contributed by atoms with Crippen LogP contribution in [-0.4, -0.2) is 0 Å². The summed E-state index contributed by atoms with van der Waals surface area (Å²) in [6.45, 7) is 0. The highest BCUT2D eigenvalue weighted by atomic mass is 15.2. The van der Waals surface area contributed by atoms with E-state index < -0.39 is 0 Å². The quantitative estimate of drug-likeness (QED) is 0.183. The maximum absolute atomic E-state index is 3.44. The zero-order chi connectivity index (χ0) is 30.7. The van der Waals surface area contributed by atoms with Crippen LogP contribution in [0.2, 0.25) is 0 Å². The lowest BCUT2D eigenvalue weighted by Crippen LogP contribution is -2.17. The van der Waals surface area contributed by atoms with Crippen molar-refractivity contribution in [3.8, 4) is 11.1 Å². The summed E-state index contributed by atoms with van der Waals surface area (Å²) in [5, 5.41) is 4.79. The Morgan fingerprint density at radius 1 is 0.500 bits per heavy atom. The van der Waals surface area contributed by atoms with Crippen molar-refractivity contribution in [3.05, 3.63) is 188 Å². The van der Waals surface area contributed by atoms with Crippen molar-refractivity contribution in [1.29, 1.82) is 0 Å². The Bertz CT molecular complexity index is 2180. The third kappa shape index (κ3) is 5.19. The first-order valence-corrected chi connectivity index (χ1v) is 15.8. The summed E-state index contributed by atoms with van der Waals surface area (Å²) in [6.07, 6.45) is 8.62. The average Bonchev–Trinajstić information content (AvgIpc) is 3.14. The Balaban J connectivity index is 1.15. The van der Waals surface area contributed by atoms with Crippen LogP contribution < -0.4 is 9.80 Å². The fraction of sp³-hybridized carbons (Fsp3) is 0.0455. The van der Waals surface area contributed by atoms with Gasteiger partial charge >= 0.3 is 0 Å². The van der Waals surface area contributed by atoms with Crippen LogP contribution in [0.15, 0.2) is 176 Å². The summed E-state index contributed by atoms with van der Waals surface area (Å²) in [4.78, 5) is 4.69. The first kappa shape index (κ1) is 27.5. The van der Waals surface area contributed by atoms with Crippen molar-refractivity contribution in [3.63, 3.8) is 0 Å². The first-order chi connectivity index (χ1) is 22.8. The van der Waals surface area contributed by atoms with Crippen LogP contribution in [0.4, 0.5) is 28.4 Å². The zero-order valence-corrected chi connectivity index (χ0v) is 25.5. The molecule has 1 aliphatic carbocycles. The molecule has 0 saturated carbocycles. The molecule has 0 atom stereocenters. The van der Waals surface area contributed by atoms with E-state index in [9.17, 15) is 0 Å². The molecule has 0 unspecified atom stereocenters. The maximum Gasteiger partial charge on any atom is 0.105 e. The summed E-state index contributed by atoms with van der Waals surface area (Å²) in [7, 11) is 0. The molecule has 2 heteroatoms. The van der Waals surface area contributed by atoms with Crippen LogP contribution in [0.3, 0.4) is 0 Å². The van der Waals surface area contributed by atoms with Gasteiger partial charge in [-0.25, -0.2) is 0 Å². The molecule has 1 aliphatic rings. The third-order valence-corrected chi connectivity index (χ3v) is 8.74. The van der Waals surface area contributed by atoms with E-state index in [1.54, 1.807) is 0 Å². The molecule has 218 valence electrons. The van der Waals surface area contributed by atoms with E-state index >= 15 is 0 Å². The van der Waals surface area contributed by atoms with Gasteiger partial charge in [-0.05, 0) is 95.4 Å². The second-order valence-electron chi connectivity index (χ2n) is 11.6. The van der Waals surface area contributed by atoms with Crippen molar-refractivity contribution in [2.24, 2.45) is 0 Å². The lowest BCUT2D eigenvalue weighted by molar-refractivity contribution is 0.919. The lowest BCUT2D eigenvalue weighted by atomic mass is 10.0. The Morgan fingerprint density at radius 2 is 1.11 bits per heavy atom. The smallest absolute Gasteiger partial charge is 0.105 e. The van der Waals surface area contributed by atoms with Crippen LogP contribution in [0.1, 0.15) is 12.8 Å². The number of rotatable bonds is 7. The number of para-hydroxylation sites is 1. The van der Waals surface area contributed by atoms with E-state index in [1.807, 2.05) is 6.07 Å². The molecule has 7 aromatic carbocycles. The number of hydrogen-bond acceptors (Lipinski definition) is 2. The van der Waals surface area contributed by atoms with Crippen LogP contribution in [0, 0.1) is 12.1 Å². The monoisotopic (exact) mass is 588 g/mol. The lowest BCUT2D eigenvalue weighted by Gasteiger charge is -2.29. The number of benzene rings is 6. The van der Waals surface area contributed by atoms with Gasteiger partial charge in [0.25, 0.3) is 0 Å². The molecule has 46 heavy (non-hydrogen) atoms. The van der Waals surface area contributed by atoms with E-state index in [4.69, 9.17) is 0 Å². The molecule has 8 rings (SSSR count). The Kier molecular flexibility index (Phi) is 7.27. The molecular formula is C44H32N2. The van der Waals surface area contributed by atoms with Crippen LogP contribution in [-0.2, 0) is 0 Å². The minimum Gasteiger partial charge on any atom is -0.310 e. The zero-order valence-electron chi connectivity index (χ0n) is 25.5. The summed E-state index contributed by atoms with van der Waals surface area (Å²) >= 11 is 0. The van der Waals surface area contributed by atoms with Crippen LogP contribution in [0.25, 0.3) is 32.7 Å². The van der Waals surface area contributed by atoms with E-state index in [0.29, 0.717) is 0 Å². The van der Waals surface area contributed by atoms with Gasteiger partial charge in [0.15, 0.2) is 0 Å². The van der Waals surface area contributed by atoms with Gasteiger partial charge < -0.3 is 9.80 Å². The minimum absolute atomic E-state index is 0.978. The van der Waals surface area contributed by atoms with E-state index in [0.717, 1.165) is 46.7 Å². The number of allylic oxidation sites excluding steroid dienone is 4. The highest BCUT2D eigenvalue weighted by Gasteiger charge is 2.19. The van der Waals surface area contributed by atoms with Crippen LogP contribution >= 0.6 is 0 Å². The van der Waals surface area contributed by atoms with Gasteiger partial charge in [0.05, 0.1) is 5.69 Å². The molecule has 0 N–H and O–H groups in total. The summed E-state index contributed by atoms with van der Waals surface area (Å²) in [6, 6.07) is 60.7. The molecule has 0 aliphatic heterocycles. The van der Waals surface area contributed by atoms with E-state index in [-0.39, 0.29) is 0 Å². The van der Waals surface area contributed by atoms with Gasteiger partial charge in [-0.15, -0.1) is 0 Å². The largest absolute Gasteiger partial charge is 0.310 e. The van der Waals surface area contributed by atoms with Gasteiger partial charge in [0.2, 0.25) is 0 Å². The molecule has 0 fully saturated rings. The Morgan fingerprint density at radius 3 is 1.83 bits per heavy atom. The van der Waals surface area contributed by atoms with Gasteiger partial charge in [0, 0.05) is 33.5 Å². The standard InChI is InChI=1S/C44H32N2/c1-3-17-37(18-4-1)45(43-23-11-15-35-13-7-9-21-41(35)43)39-29-25-33(26-30-39)34-27-31-40(32-28-34)46(38-19-5-2-6-20-38)44-24-12-16-36-14-8-10-22-42(36)44/h1-5,7-11,13-19,21-23,25-32H,6,20H2. The molecule has 0 bridgehead atoms. The summed E-state index contributed by atoms with van der Waals surface area (Å²) < 4.78 is 0. The van der Waals surface area contributed by atoms with Crippen molar-refractivity contribution in [2.45, 2.75) is 12.8 Å². The summed E-state index contributed by atoms with van der Waals surface area (Å²) in [5.41, 5.74) is 9.18. The van der Waals surface area contributed by atoms with Gasteiger partial charge in [-0.2, -0.15) is 0 Å². The van der Waals surface area contributed by atoms with Gasteiger partial charge in [0.1, 0.15) is 5.69 Å². The fourth-order valence-electron chi connectivity index (χ4n) is 6.49. The predicted octanol–water partition coefficient (Wildman–Crippen LogP) is 12.1.